The van der Waals surface area contributed by atoms with Gasteiger partial charge in [-0.25, -0.2) is 0 Å². The molecule has 0 spiro atoms. The van der Waals surface area contributed by atoms with Crippen LogP contribution in [0.25, 0.3) is 0 Å². The molecular formula is C16H26N2. The van der Waals surface area contributed by atoms with Crippen LogP contribution in [-0.2, 0) is 0 Å². The van der Waals surface area contributed by atoms with E-state index in [0.29, 0.717) is 12.1 Å². The number of likely N-dealkylation sites (tertiary alicyclic amines) is 1. The van der Waals surface area contributed by atoms with Crippen LogP contribution in [0.1, 0.15) is 37.4 Å². The minimum Gasteiger partial charge on any atom is -0.307 e. The maximum atomic E-state index is 3.80. The zero-order valence-corrected chi connectivity index (χ0v) is 12.1. The van der Waals surface area contributed by atoms with Gasteiger partial charge in [-0.15, -0.1) is 0 Å². The second-order valence-electron chi connectivity index (χ2n) is 5.93. The Bertz CT molecular complexity index is 371. The summed E-state index contributed by atoms with van der Waals surface area (Å²) in [7, 11) is 2.22. The van der Waals surface area contributed by atoms with Crippen LogP contribution in [0, 0.1) is 12.8 Å². The lowest BCUT2D eigenvalue weighted by molar-refractivity contribution is 0.168. The summed E-state index contributed by atoms with van der Waals surface area (Å²) in [5.74, 6) is 0.733. The molecule has 1 aromatic carbocycles. The lowest BCUT2D eigenvalue weighted by Crippen LogP contribution is -2.47. The Morgan fingerprint density at radius 3 is 2.56 bits per heavy atom. The van der Waals surface area contributed by atoms with E-state index in [1.165, 1.54) is 30.6 Å². The Balaban J connectivity index is 1.94. The van der Waals surface area contributed by atoms with Gasteiger partial charge >= 0.3 is 0 Å². The highest BCUT2D eigenvalue weighted by Gasteiger charge is 2.25. The summed E-state index contributed by atoms with van der Waals surface area (Å²) in [4.78, 5) is 2.43. The largest absolute Gasteiger partial charge is 0.307 e. The second-order valence-corrected chi connectivity index (χ2v) is 5.93. The van der Waals surface area contributed by atoms with E-state index in [2.05, 4.69) is 62.3 Å². The number of nitrogens with zero attached hydrogens (tertiary/aromatic N) is 1. The normalized spacial score (nSPS) is 27.1. The van der Waals surface area contributed by atoms with Crippen LogP contribution < -0.4 is 5.32 Å². The van der Waals surface area contributed by atoms with Crippen LogP contribution in [0.5, 0.6) is 0 Å². The third kappa shape index (κ3) is 3.33. The van der Waals surface area contributed by atoms with Crippen molar-refractivity contribution in [1.29, 1.82) is 0 Å². The first-order chi connectivity index (χ1) is 8.56. The highest BCUT2D eigenvalue weighted by molar-refractivity contribution is 5.23. The molecule has 1 heterocycles. The number of benzene rings is 1. The van der Waals surface area contributed by atoms with Gasteiger partial charge in [0.05, 0.1) is 0 Å². The fourth-order valence-electron chi connectivity index (χ4n) is 2.87. The SMILES string of the molecule is Cc1ccc(C(C)NC2CCN(C)CC2C)cc1. The van der Waals surface area contributed by atoms with E-state index in [1.807, 2.05) is 0 Å². The predicted molar refractivity (Wildman–Crippen MR) is 77.8 cm³/mol. The molecule has 0 aromatic heterocycles. The third-order valence-corrected chi connectivity index (χ3v) is 4.15. The summed E-state index contributed by atoms with van der Waals surface area (Å²) >= 11 is 0. The molecule has 1 N–H and O–H groups in total. The molecule has 100 valence electrons. The topological polar surface area (TPSA) is 15.3 Å². The fourth-order valence-corrected chi connectivity index (χ4v) is 2.87. The Hall–Kier alpha value is -0.860. The van der Waals surface area contributed by atoms with Gasteiger partial charge in [-0.3, -0.25) is 0 Å². The van der Waals surface area contributed by atoms with E-state index >= 15 is 0 Å². The van der Waals surface area contributed by atoms with Gasteiger partial charge < -0.3 is 10.2 Å². The maximum Gasteiger partial charge on any atom is 0.0294 e. The molecule has 0 aliphatic carbocycles. The standard InChI is InChI=1S/C16H26N2/c1-12-5-7-15(8-6-12)14(3)17-16-9-10-18(4)11-13(16)2/h5-8,13-14,16-17H,9-11H2,1-4H3. The molecule has 1 aliphatic heterocycles. The van der Waals surface area contributed by atoms with Crippen molar-refractivity contribution < 1.29 is 0 Å². The lowest BCUT2D eigenvalue weighted by atomic mass is 9.92. The number of rotatable bonds is 3. The van der Waals surface area contributed by atoms with Crippen LogP contribution >= 0.6 is 0 Å². The Morgan fingerprint density at radius 2 is 1.94 bits per heavy atom. The number of aryl methyl sites for hydroxylation is 1. The summed E-state index contributed by atoms with van der Waals surface area (Å²) in [6.45, 7) is 9.19. The summed E-state index contributed by atoms with van der Waals surface area (Å²) in [5.41, 5.74) is 2.73. The van der Waals surface area contributed by atoms with Crippen molar-refractivity contribution in [2.45, 2.75) is 39.3 Å². The van der Waals surface area contributed by atoms with Crippen LogP contribution in [0.3, 0.4) is 0 Å². The minimum absolute atomic E-state index is 0.446. The van der Waals surface area contributed by atoms with Gasteiger partial charge in [0.25, 0.3) is 0 Å². The monoisotopic (exact) mass is 246 g/mol. The molecular weight excluding hydrogens is 220 g/mol. The molecule has 3 atom stereocenters. The van der Waals surface area contributed by atoms with Gasteiger partial charge in [0.1, 0.15) is 0 Å². The first kappa shape index (κ1) is 13.6. The van der Waals surface area contributed by atoms with Gasteiger partial charge in [-0.05, 0) is 45.3 Å². The molecule has 2 heteroatoms. The average molecular weight is 246 g/mol. The number of hydrogen-bond donors (Lipinski definition) is 1. The van der Waals surface area contributed by atoms with E-state index in [9.17, 15) is 0 Å². The van der Waals surface area contributed by atoms with E-state index in [1.54, 1.807) is 0 Å². The van der Waals surface area contributed by atoms with E-state index in [4.69, 9.17) is 0 Å². The molecule has 3 unspecified atom stereocenters. The van der Waals surface area contributed by atoms with Crippen LogP contribution in [-0.4, -0.2) is 31.1 Å². The highest BCUT2D eigenvalue weighted by atomic mass is 15.1. The molecule has 1 saturated heterocycles. The maximum absolute atomic E-state index is 3.80. The summed E-state index contributed by atoms with van der Waals surface area (Å²) < 4.78 is 0. The number of nitrogens with one attached hydrogen (secondary N) is 1. The van der Waals surface area contributed by atoms with Gasteiger partial charge in [0.15, 0.2) is 0 Å². The molecule has 18 heavy (non-hydrogen) atoms. The fraction of sp³-hybridized carbons (Fsp3) is 0.625. The van der Waals surface area contributed by atoms with Crippen LogP contribution in [0.15, 0.2) is 24.3 Å². The molecule has 0 radical (unpaired) electrons. The van der Waals surface area contributed by atoms with Crippen molar-refractivity contribution in [3.05, 3.63) is 35.4 Å². The number of piperidine rings is 1. The summed E-state index contributed by atoms with van der Waals surface area (Å²) in [6, 6.07) is 9.98. The van der Waals surface area contributed by atoms with E-state index in [-0.39, 0.29) is 0 Å². The van der Waals surface area contributed by atoms with E-state index in [0.717, 1.165) is 5.92 Å². The van der Waals surface area contributed by atoms with Crippen molar-refractivity contribution in [2.24, 2.45) is 5.92 Å². The van der Waals surface area contributed by atoms with Crippen molar-refractivity contribution in [1.82, 2.24) is 10.2 Å². The zero-order chi connectivity index (χ0) is 13.1. The Labute approximate surface area is 111 Å². The summed E-state index contributed by atoms with van der Waals surface area (Å²) in [6.07, 6.45) is 1.26. The first-order valence-corrected chi connectivity index (χ1v) is 7.07. The smallest absolute Gasteiger partial charge is 0.0294 e. The molecule has 2 rings (SSSR count). The van der Waals surface area contributed by atoms with Crippen LogP contribution in [0.4, 0.5) is 0 Å². The quantitative estimate of drug-likeness (QED) is 0.882. The second kappa shape index (κ2) is 5.85. The van der Waals surface area contributed by atoms with Crippen molar-refractivity contribution in [3.63, 3.8) is 0 Å². The summed E-state index contributed by atoms with van der Waals surface area (Å²) in [5, 5.41) is 3.80. The van der Waals surface area contributed by atoms with Gasteiger partial charge in [-0.2, -0.15) is 0 Å². The molecule has 1 fully saturated rings. The molecule has 1 aromatic rings. The van der Waals surface area contributed by atoms with Crippen molar-refractivity contribution in [2.75, 3.05) is 20.1 Å². The molecule has 0 bridgehead atoms. The lowest BCUT2D eigenvalue weighted by Gasteiger charge is -2.37. The number of hydrogen-bond acceptors (Lipinski definition) is 2. The minimum atomic E-state index is 0.446. The van der Waals surface area contributed by atoms with Gasteiger partial charge in [0.2, 0.25) is 0 Å². The molecule has 2 nitrogen and oxygen atoms in total. The Morgan fingerprint density at radius 1 is 1.28 bits per heavy atom. The third-order valence-electron chi connectivity index (χ3n) is 4.15. The first-order valence-electron chi connectivity index (χ1n) is 7.07. The average Bonchev–Trinajstić information content (AvgIpc) is 2.33. The van der Waals surface area contributed by atoms with Crippen molar-refractivity contribution >= 4 is 0 Å². The highest BCUT2D eigenvalue weighted by Crippen LogP contribution is 2.20. The van der Waals surface area contributed by atoms with Crippen LogP contribution in [0.2, 0.25) is 0 Å². The zero-order valence-electron chi connectivity index (χ0n) is 12.1. The molecule has 0 amide bonds. The van der Waals surface area contributed by atoms with E-state index < -0.39 is 0 Å². The van der Waals surface area contributed by atoms with Crippen molar-refractivity contribution in [3.8, 4) is 0 Å². The predicted octanol–water partition coefficient (Wildman–Crippen LogP) is 2.99. The van der Waals surface area contributed by atoms with Gasteiger partial charge in [-0.1, -0.05) is 36.8 Å². The van der Waals surface area contributed by atoms with Gasteiger partial charge in [0, 0.05) is 18.6 Å². The molecule has 1 aliphatic rings. The Kier molecular flexibility index (Phi) is 4.41. The molecule has 0 saturated carbocycles.